The van der Waals surface area contributed by atoms with Crippen molar-refractivity contribution in [2.24, 2.45) is 4.99 Å². The summed E-state index contributed by atoms with van der Waals surface area (Å²) in [6.07, 6.45) is 7.94. The Bertz CT molecular complexity index is 995. The monoisotopic (exact) mass is 433 g/mol. The fraction of sp³-hybridized carbons (Fsp3) is 0.375. The van der Waals surface area contributed by atoms with E-state index in [1.165, 1.54) is 18.4 Å². The number of hydrogen-bond donors (Lipinski definition) is 2. The second-order valence-electron chi connectivity index (χ2n) is 7.81. The summed E-state index contributed by atoms with van der Waals surface area (Å²) in [7, 11) is 3.50. The van der Waals surface area contributed by atoms with Gasteiger partial charge in [-0.05, 0) is 67.4 Å². The molecule has 2 aromatic heterocycles. The van der Waals surface area contributed by atoms with Gasteiger partial charge in [-0.3, -0.25) is 9.89 Å². The van der Waals surface area contributed by atoms with Gasteiger partial charge in [0.2, 0.25) is 0 Å². The minimum absolute atomic E-state index is 0.286. The molecule has 1 aliphatic heterocycles. The van der Waals surface area contributed by atoms with Crippen LogP contribution in [0.1, 0.15) is 30.0 Å². The van der Waals surface area contributed by atoms with Crippen molar-refractivity contribution in [1.29, 1.82) is 0 Å². The number of methoxy groups -OCH3 is 1. The molecule has 32 heavy (non-hydrogen) atoms. The maximum Gasteiger partial charge on any atom is 0.191 e. The van der Waals surface area contributed by atoms with E-state index in [4.69, 9.17) is 4.74 Å². The first-order chi connectivity index (χ1) is 15.8. The molecule has 0 radical (unpaired) electrons. The van der Waals surface area contributed by atoms with Gasteiger partial charge in [-0.1, -0.05) is 12.1 Å². The largest absolute Gasteiger partial charge is 0.497 e. The van der Waals surface area contributed by atoms with Crippen LogP contribution in [0.2, 0.25) is 0 Å². The average molecular weight is 434 g/mol. The highest BCUT2D eigenvalue weighted by atomic mass is 16.5. The number of nitrogens with zero attached hydrogens (tertiary/aromatic N) is 5. The molecule has 2 N–H and O–H groups in total. The van der Waals surface area contributed by atoms with Crippen LogP contribution in [0.4, 0.5) is 0 Å². The Morgan fingerprint density at radius 3 is 2.62 bits per heavy atom. The smallest absolute Gasteiger partial charge is 0.191 e. The first kappa shape index (κ1) is 21.8. The molecule has 1 aliphatic rings. The Morgan fingerprint density at radius 2 is 1.94 bits per heavy atom. The van der Waals surface area contributed by atoms with Crippen LogP contribution in [-0.2, 0) is 6.54 Å². The Labute approximate surface area is 189 Å². The van der Waals surface area contributed by atoms with Crippen LogP contribution in [0.25, 0.3) is 5.82 Å². The van der Waals surface area contributed by atoms with Crippen molar-refractivity contribution in [2.75, 3.05) is 33.8 Å². The number of benzene rings is 1. The number of pyridine rings is 1. The lowest BCUT2D eigenvalue weighted by Gasteiger charge is -2.29. The van der Waals surface area contributed by atoms with Crippen molar-refractivity contribution in [3.05, 3.63) is 72.2 Å². The molecule has 4 rings (SSSR count). The summed E-state index contributed by atoms with van der Waals surface area (Å²) in [5, 5.41) is 11.2. The predicted octanol–water partition coefficient (Wildman–Crippen LogP) is 2.78. The van der Waals surface area contributed by atoms with E-state index in [1.54, 1.807) is 31.2 Å². The topological polar surface area (TPSA) is 79.6 Å². The van der Waals surface area contributed by atoms with Gasteiger partial charge in [-0.25, -0.2) is 9.67 Å². The maximum absolute atomic E-state index is 5.33. The SMILES string of the molecule is CN=C(NCc1ccnc(-n2cccn2)c1)NCC(c1ccc(OC)cc1)N1CCCC1. The summed E-state index contributed by atoms with van der Waals surface area (Å²) in [5.74, 6) is 2.46. The van der Waals surface area contributed by atoms with Crippen molar-refractivity contribution < 1.29 is 4.74 Å². The van der Waals surface area contributed by atoms with E-state index in [0.29, 0.717) is 6.54 Å². The lowest BCUT2D eigenvalue weighted by atomic mass is 10.1. The summed E-state index contributed by atoms with van der Waals surface area (Å²) in [6.45, 7) is 3.67. The minimum Gasteiger partial charge on any atom is -0.497 e. The van der Waals surface area contributed by atoms with Crippen molar-refractivity contribution in [2.45, 2.75) is 25.4 Å². The third-order valence-electron chi connectivity index (χ3n) is 5.78. The Kier molecular flexibility index (Phi) is 7.34. The standard InChI is InChI=1S/C24H31N7O/c1-25-24(27-17-19-10-12-26-23(16-19)31-15-5-11-29-31)28-18-22(30-13-3-4-14-30)20-6-8-21(32-2)9-7-20/h5-12,15-16,22H,3-4,13-14,17-18H2,1-2H3,(H2,25,27,28). The Morgan fingerprint density at radius 1 is 1.12 bits per heavy atom. The Balaban J connectivity index is 1.38. The second-order valence-corrected chi connectivity index (χ2v) is 7.81. The van der Waals surface area contributed by atoms with Gasteiger partial charge in [0.25, 0.3) is 0 Å². The van der Waals surface area contributed by atoms with Crippen LogP contribution in [-0.4, -0.2) is 59.4 Å². The minimum atomic E-state index is 0.286. The third kappa shape index (κ3) is 5.45. The van der Waals surface area contributed by atoms with Gasteiger partial charge < -0.3 is 15.4 Å². The van der Waals surface area contributed by atoms with E-state index >= 15 is 0 Å². The molecule has 0 saturated carbocycles. The lowest BCUT2D eigenvalue weighted by Crippen LogP contribution is -2.42. The number of aliphatic imine (C=N–C) groups is 1. The van der Waals surface area contributed by atoms with Crippen molar-refractivity contribution in [3.8, 4) is 11.6 Å². The number of rotatable bonds is 8. The van der Waals surface area contributed by atoms with Crippen molar-refractivity contribution >= 4 is 5.96 Å². The van der Waals surface area contributed by atoms with E-state index in [9.17, 15) is 0 Å². The zero-order valence-corrected chi connectivity index (χ0v) is 18.7. The molecule has 0 amide bonds. The van der Waals surface area contributed by atoms with Crippen LogP contribution in [0.5, 0.6) is 5.75 Å². The second kappa shape index (κ2) is 10.8. The number of likely N-dealkylation sites (tertiary alicyclic amines) is 1. The number of hydrogen-bond acceptors (Lipinski definition) is 5. The van der Waals surface area contributed by atoms with E-state index in [0.717, 1.165) is 42.7 Å². The maximum atomic E-state index is 5.33. The van der Waals surface area contributed by atoms with Gasteiger partial charge in [-0.15, -0.1) is 0 Å². The average Bonchev–Trinajstić information content (AvgIpc) is 3.57. The van der Waals surface area contributed by atoms with E-state index < -0.39 is 0 Å². The van der Waals surface area contributed by atoms with Gasteiger partial charge in [0.15, 0.2) is 11.8 Å². The van der Waals surface area contributed by atoms with E-state index in [-0.39, 0.29) is 6.04 Å². The highest BCUT2D eigenvalue weighted by molar-refractivity contribution is 5.79. The molecule has 1 atom stereocenters. The lowest BCUT2D eigenvalue weighted by molar-refractivity contribution is 0.245. The van der Waals surface area contributed by atoms with Crippen LogP contribution in [0.15, 0.2) is 66.0 Å². The summed E-state index contributed by atoms with van der Waals surface area (Å²) in [6, 6.07) is 14.6. The van der Waals surface area contributed by atoms with Crippen LogP contribution >= 0.6 is 0 Å². The molecule has 1 unspecified atom stereocenters. The third-order valence-corrected chi connectivity index (χ3v) is 5.78. The van der Waals surface area contributed by atoms with Gasteiger partial charge in [-0.2, -0.15) is 5.10 Å². The normalized spacial score (nSPS) is 15.5. The van der Waals surface area contributed by atoms with Crippen molar-refractivity contribution in [3.63, 3.8) is 0 Å². The van der Waals surface area contributed by atoms with Gasteiger partial charge in [0.05, 0.1) is 13.2 Å². The molecule has 0 aliphatic carbocycles. The zero-order chi connectivity index (χ0) is 22.2. The van der Waals surface area contributed by atoms with E-state index in [2.05, 4.69) is 42.7 Å². The predicted molar refractivity (Wildman–Crippen MR) is 126 cm³/mol. The summed E-state index contributed by atoms with van der Waals surface area (Å²) >= 11 is 0. The number of guanidine groups is 1. The number of ether oxygens (including phenoxy) is 1. The molecule has 1 aromatic carbocycles. The van der Waals surface area contributed by atoms with Crippen LogP contribution in [0, 0.1) is 0 Å². The molecule has 8 nitrogen and oxygen atoms in total. The molecule has 8 heteroatoms. The number of aromatic nitrogens is 3. The molecule has 1 saturated heterocycles. The van der Waals surface area contributed by atoms with E-state index in [1.807, 2.05) is 36.5 Å². The molecule has 3 aromatic rings. The van der Waals surface area contributed by atoms with Gasteiger partial charge in [0, 0.05) is 38.7 Å². The molecule has 3 heterocycles. The molecular weight excluding hydrogens is 402 g/mol. The van der Waals surface area contributed by atoms with Crippen LogP contribution < -0.4 is 15.4 Å². The fourth-order valence-electron chi connectivity index (χ4n) is 4.04. The molecular formula is C24H31N7O. The first-order valence-electron chi connectivity index (χ1n) is 11.0. The summed E-state index contributed by atoms with van der Waals surface area (Å²) in [5.41, 5.74) is 2.40. The summed E-state index contributed by atoms with van der Waals surface area (Å²) in [4.78, 5) is 11.4. The van der Waals surface area contributed by atoms with Crippen LogP contribution in [0.3, 0.4) is 0 Å². The van der Waals surface area contributed by atoms with Gasteiger partial charge >= 0.3 is 0 Å². The molecule has 1 fully saturated rings. The quantitative estimate of drug-likeness (QED) is 0.420. The first-order valence-corrected chi connectivity index (χ1v) is 11.0. The molecule has 0 spiro atoms. The zero-order valence-electron chi connectivity index (χ0n) is 18.7. The van der Waals surface area contributed by atoms with Crippen molar-refractivity contribution in [1.82, 2.24) is 30.3 Å². The number of nitrogens with one attached hydrogen (secondary N) is 2. The highest BCUT2D eigenvalue weighted by Gasteiger charge is 2.23. The van der Waals surface area contributed by atoms with Gasteiger partial charge in [0.1, 0.15) is 5.75 Å². The summed E-state index contributed by atoms with van der Waals surface area (Å²) < 4.78 is 7.08. The fourth-order valence-corrected chi connectivity index (χ4v) is 4.04. The highest BCUT2D eigenvalue weighted by Crippen LogP contribution is 2.26. The Hall–Kier alpha value is -3.39. The molecule has 168 valence electrons. The molecule has 0 bridgehead atoms.